The van der Waals surface area contributed by atoms with Crippen LogP contribution in [-0.4, -0.2) is 53.5 Å². The summed E-state index contributed by atoms with van der Waals surface area (Å²) in [6.07, 6.45) is 1.16. The van der Waals surface area contributed by atoms with E-state index in [1.165, 1.54) is 23.9 Å². The van der Waals surface area contributed by atoms with Crippen molar-refractivity contribution < 1.29 is 27.8 Å². The minimum Gasteiger partial charge on any atom is -0.497 e. The zero-order valence-electron chi connectivity index (χ0n) is 21.8. The summed E-state index contributed by atoms with van der Waals surface area (Å²) in [5.74, 6) is 0.665. The summed E-state index contributed by atoms with van der Waals surface area (Å²) in [6.45, 7) is 2.18. The molecule has 1 aromatic heterocycles. The normalized spacial score (nSPS) is 15.9. The lowest BCUT2D eigenvalue weighted by atomic mass is 9.74. The van der Waals surface area contributed by atoms with Crippen molar-refractivity contribution in [1.29, 1.82) is 0 Å². The number of aromatic nitrogens is 1. The number of carbonyl (C=O) groups is 1. The first-order chi connectivity index (χ1) is 18.6. The first kappa shape index (κ1) is 29.5. The molecule has 2 heterocycles. The fourth-order valence-corrected chi connectivity index (χ4v) is 6.34. The van der Waals surface area contributed by atoms with Crippen LogP contribution < -0.4 is 4.74 Å². The zero-order chi connectivity index (χ0) is 28.0. The number of halogens is 4. The minimum absolute atomic E-state index is 0.561. The van der Waals surface area contributed by atoms with Gasteiger partial charge in [0.1, 0.15) is 5.75 Å². The van der Waals surface area contributed by atoms with Gasteiger partial charge in [-0.3, -0.25) is 9.78 Å². The number of pyridine rings is 1. The smallest absolute Gasteiger partial charge is 0.416 e. The molecule has 5 nitrogen and oxygen atoms in total. The number of ether oxygens (including phenoxy) is 1. The topological polar surface area (TPSA) is 62.7 Å². The number of nitrogens with zero attached hydrogens (tertiary/aromatic N) is 2. The summed E-state index contributed by atoms with van der Waals surface area (Å²) >= 11 is 7.90. The van der Waals surface area contributed by atoms with Gasteiger partial charge in [0.15, 0.2) is 0 Å². The summed E-state index contributed by atoms with van der Waals surface area (Å²) in [4.78, 5) is 19.6. The molecule has 0 saturated carbocycles. The summed E-state index contributed by atoms with van der Waals surface area (Å²) in [5.41, 5.74) is 0.378. The lowest BCUT2D eigenvalue weighted by Gasteiger charge is -2.39. The van der Waals surface area contributed by atoms with Crippen LogP contribution in [0.4, 0.5) is 13.2 Å². The number of hydrogen-bond acceptors (Lipinski definition) is 5. The van der Waals surface area contributed by atoms with Gasteiger partial charge in [-0.2, -0.15) is 13.2 Å². The van der Waals surface area contributed by atoms with Gasteiger partial charge in [0.25, 0.3) is 0 Å². The van der Waals surface area contributed by atoms with Crippen LogP contribution >= 0.6 is 23.4 Å². The molecule has 1 fully saturated rings. The Balaban J connectivity index is 1.27. The third kappa shape index (κ3) is 7.38. The lowest BCUT2D eigenvalue weighted by Crippen LogP contribution is -2.44. The van der Waals surface area contributed by atoms with Gasteiger partial charge in [0.2, 0.25) is 0 Å². The van der Waals surface area contributed by atoms with E-state index in [4.69, 9.17) is 16.3 Å². The van der Waals surface area contributed by atoms with Crippen LogP contribution in [0.1, 0.15) is 43.2 Å². The summed E-state index contributed by atoms with van der Waals surface area (Å²) in [7, 11) is 1.61. The number of alkyl halides is 3. The van der Waals surface area contributed by atoms with Crippen molar-refractivity contribution in [3.63, 3.8) is 0 Å². The molecule has 210 valence electrons. The van der Waals surface area contributed by atoms with Gasteiger partial charge in [-0.05, 0) is 106 Å². The van der Waals surface area contributed by atoms with Gasteiger partial charge in [-0.25, -0.2) is 0 Å². The second-order valence-corrected chi connectivity index (χ2v) is 11.6. The molecule has 3 aromatic rings. The van der Waals surface area contributed by atoms with Crippen molar-refractivity contribution in [1.82, 2.24) is 9.88 Å². The molecule has 0 spiro atoms. The number of aliphatic carboxylic acids is 1. The molecular formula is C29H32ClF3N2O3S. The number of likely N-dealkylation sites (tertiary alicyclic amines) is 1. The van der Waals surface area contributed by atoms with E-state index in [9.17, 15) is 23.1 Å². The molecule has 0 atom stereocenters. The molecule has 10 heteroatoms. The SMILES string of the molecule is COc1ccc2ncc(Cl)c(CCCC3(C(=O)O)CCN(CCCSc4cccc(C(F)(F)F)c4)CC3)c2c1. The molecule has 1 aliphatic heterocycles. The Morgan fingerprint density at radius 2 is 1.95 bits per heavy atom. The molecule has 1 saturated heterocycles. The molecule has 0 radical (unpaired) electrons. The van der Waals surface area contributed by atoms with E-state index in [1.807, 2.05) is 18.2 Å². The number of rotatable bonds is 11. The molecule has 4 rings (SSSR count). The lowest BCUT2D eigenvalue weighted by molar-refractivity contribution is -0.152. The number of aryl methyl sites for hydroxylation is 1. The van der Waals surface area contributed by atoms with Crippen LogP contribution in [-0.2, 0) is 17.4 Å². The molecular weight excluding hydrogens is 549 g/mol. The van der Waals surface area contributed by atoms with Gasteiger partial charge in [0.05, 0.1) is 28.6 Å². The number of benzene rings is 2. The third-order valence-corrected chi connectivity index (χ3v) is 8.94. The highest BCUT2D eigenvalue weighted by molar-refractivity contribution is 7.99. The highest BCUT2D eigenvalue weighted by atomic mass is 35.5. The van der Waals surface area contributed by atoms with E-state index in [-0.39, 0.29) is 0 Å². The summed E-state index contributed by atoms with van der Waals surface area (Å²) < 4.78 is 44.1. The molecule has 0 amide bonds. The number of hydrogen-bond donors (Lipinski definition) is 1. The molecule has 1 aliphatic rings. The van der Waals surface area contributed by atoms with Crippen molar-refractivity contribution in [3.8, 4) is 5.75 Å². The molecule has 0 bridgehead atoms. The molecule has 2 aromatic carbocycles. The maximum absolute atomic E-state index is 12.9. The average Bonchev–Trinajstić information content (AvgIpc) is 2.92. The van der Waals surface area contributed by atoms with Crippen LogP contribution in [0.3, 0.4) is 0 Å². The second kappa shape index (κ2) is 12.8. The van der Waals surface area contributed by atoms with Gasteiger partial charge in [-0.1, -0.05) is 17.7 Å². The highest BCUT2D eigenvalue weighted by Gasteiger charge is 2.40. The number of piperidine rings is 1. The Hall–Kier alpha value is -2.49. The van der Waals surface area contributed by atoms with E-state index < -0.39 is 23.1 Å². The molecule has 0 aliphatic carbocycles. The minimum atomic E-state index is -4.34. The van der Waals surface area contributed by atoms with Gasteiger partial charge in [-0.15, -0.1) is 11.8 Å². The fraction of sp³-hybridized carbons (Fsp3) is 0.448. The van der Waals surface area contributed by atoms with Crippen molar-refractivity contribution in [2.45, 2.75) is 49.6 Å². The van der Waals surface area contributed by atoms with Gasteiger partial charge < -0.3 is 14.7 Å². The number of fused-ring (bicyclic) bond motifs is 1. The van der Waals surface area contributed by atoms with Crippen molar-refractivity contribution >= 4 is 40.2 Å². The Bertz CT molecular complexity index is 1300. The Kier molecular flexibility index (Phi) is 9.67. The largest absolute Gasteiger partial charge is 0.497 e. The summed E-state index contributed by atoms with van der Waals surface area (Å²) in [6, 6.07) is 11.1. The van der Waals surface area contributed by atoms with Crippen molar-refractivity contribution in [2.75, 3.05) is 32.5 Å². The number of methoxy groups -OCH3 is 1. The van der Waals surface area contributed by atoms with Gasteiger partial charge >= 0.3 is 12.1 Å². The Labute approximate surface area is 235 Å². The molecule has 1 N–H and O–H groups in total. The second-order valence-electron chi connectivity index (χ2n) is 9.98. The maximum atomic E-state index is 12.9. The number of thioether (sulfide) groups is 1. The van der Waals surface area contributed by atoms with E-state index in [2.05, 4.69) is 9.88 Å². The van der Waals surface area contributed by atoms with Crippen molar-refractivity contribution in [3.05, 3.63) is 64.8 Å². The summed E-state index contributed by atoms with van der Waals surface area (Å²) in [5, 5.41) is 11.6. The van der Waals surface area contributed by atoms with E-state index in [0.29, 0.717) is 60.9 Å². The van der Waals surface area contributed by atoms with E-state index >= 15 is 0 Å². The third-order valence-electron chi connectivity index (χ3n) is 7.53. The van der Waals surface area contributed by atoms with Gasteiger partial charge in [0, 0.05) is 16.5 Å². The van der Waals surface area contributed by atoms with E-state index in [0.717, 1.165) is 41.2 Å². The monoisotopic (exact) mass is 580 g/mol. The predicted molar refractivity (Wildman–Crippen MR) is 149 cm³/mol. The maximum Gasteiger partial charge on any atom is 0.416 e. The predicted octanol–water partition coefficient (Wildman–Crippen LogP) is 7.59. The van der Waals surface area contributed by atoms with Crippen molar-refractivity contribution in [2.24, 2.45) is 5.41 Å². The number of carboxylic acids is 1. The number of carboxylic acid groups (broad SMARTS) is 1. The van der Waals surface area contributed by atoms with Crippen LogP contribution in [0.5, 0.6) is 5.75 Å². The Morgan fingerprint density at radius 3 is 2.64 bits per heavy atom. The fourth-order valence-electron chi connectivity index (χ4n) is 5.20. The van der Waals surface area contributed by atoms with Crippen LogP contribution in [0.25, 0.3) is 10.9 Å². The van der Waals surface area contributed by atoms with Crippen LogP contribution in [0.2, 0.25) is 5.02 Å². The molecule has 39 heavy (non-hydrogen) atoms. The average molecular weight is 581 g/mol. The zero-order valence-corrected chi connectivity index (χ0v) is 23.3. The highest BCUT2D eigenvalue weighted by Crippen LogP contribution is 2.38. The quantitative estimate of drug-likeness (QED) is 0.186. The van der Waals surface area contributed by atoms with E-state index in [1.54, 1.807) is 19.4 Å². The van der Waals surface area contributed by atoms with Crippen LogP contribution in [0, 0.1) is 5.41 Å². The first-order valence-electron chi connectivity index (χ1n) is 13.0. The van der Waals surface area contributed by atoms with Crippen LogP contribution in [0.15, 0.2) is 53.6 Å². The first-order valence-corrected chi connectivity index (χ1v) is 14.3. The molecule has 0 unspecified atom stereocenters. The Morgan fingerprint density at radius 1 is 1.18 bits per heavy atom. The standard InChI is InChI=1S/C29H32ClF3N2O3S/c1-38-21-8-9-26-24(18-21)23(25(30)19-34-26)7-3-10-28(27(36)37)11-14-35(15-12-28)13-4-16-39-22-6-2-5-20(17-22)29(31,32)33/h2,5-6,8-9,17-19H,3-4,7,10-16H2,1H3,(H,36,37).